The first-order valence-corrected chi connectivity index (χ1v) is 12.6. The Hall–Kier alpha value is -4.67. The molecule has 0 bridgehead atoms. The van der Waals surface area contributed by atoms with Crippen LogP contribution in [0.15, 0.2) is 77.3 Å². The van der Waals surface area contributed by atoms with E-state index >= 15 is 0 Å². The summed E-state index contributed by atoms with van der Waals surface area (Å²) < 4.78 is 51.2. The Kier molecular flexibility index (Phi) is 7.54. The number of hydrogen-bond acceptors (Lipinski definition) is 7. The lowest BCUT2D eigenvalue weighted by atomic mass is 10.1. The molecule has 1 aliphatic rings. The second-order valence-electron chi connectivity index (χ2n) is 9.34. The summed E-state index contributed by atoms with van der Waals surface area (Å²) in [5, 5.41) is 0. The van der Waals surface area contributed by atoms with Crippen LogP contribution in [0.1, 0.15) is 27.4 Å². The number of benzene rings is 2. The van der Waals surface area contributed by atoms with E-state index in [9.17, 15) is 22.8 Å². The molecule has 206 valence electrons. The van der Waals surface area contributed by atoms with Crippen molar-refractivity contribution in [3.05, 3.63) is 95.5 Å². The molecule has 0 unspecified atom stereocenters. The third kappa shape index (κ3) is 6.14. The lowest BCUT2D eigenvalue weighted by Crippen LogP contribution is -2.49. The zero-order valence-electron chi connectivity index (χ0n) is 21.5. The van der Waals surface area contributed by atoms with Crippen molar-refractivity contribution in [2.45, 2.75) is 19.5 Å². The second kappa shape index (κ2) is 11.2. The Labute approximate surface area is 228 Å². The molecule has 0 N–H and O–H groups in total. The minimum absolute atomic E-state index is 0.272. The van der Waals surface area contributed by atoms with Crippen LogP contribution in [0.3, 0.4) is 0 Å². The van der Waals surface area contributed by atoms with E-state index < -0.39 is 29.5 Å². The topological polar surface area (TPSA) is 88.8 Å². The lowest BCUT2D eigenvalue weighted by Gasteiger charge is -2.34. The fourth-order valence-electron chi connectivity index (χ4n) is 4.27. The molecule has 11 heteroatoms. The molecule has 0 atom stereocenters. The minimum atomic E-state index is -4.87. The predicted molar refractivity (Wildman–Crippen MR) is 140 cm³/mol. The van der Waals surface area contributed by atoms with Gasteiger partial charge in [-0.15, -0.1) is 0 Å². The van der Waals surface area contributed by atoms with Gasteiger partial charge in [0, 0.05) is 44.4 Å². The van der Waals surface area contributed by atoms with Gasteiger partial charge in [-0.3, -0.25) is 4.79 Å². The van der Waals surface area contributed by atoms with Gasteiger partial charge in [0.25, 0.3) is 0 Å². The van der Waals surface area contributed by atoms with Crippen molar-refractivity contribution in [3.63, 3.8) is 0 Å². The largest absolute Gasteiger partial charge is 0.452 e. The van der Waals surface area contributed by atoms with Crippen molar-refractivity contribution in [1.29, 1.82) is 0 Å². The first-order chi connectivity index (χ1) is 19.2. The number of Topliss-reactive ketones (excluding diaryl/α,β-unsaturated/α-hetero) is 1. The van der Waals surface area contributed by atoms with Crippen LogP contribution in [-0.2, 0) is 12.6 Å². The third-order valence-electron chi connectivity index (χ3n) is 6.43. The van der Waals surface area contributed by atoms with Crippen LogP contribution in [0.4, 0.5) is 23.8 Å². The number of aryl methyl sites for hydroxylation is 1. The van der Waals surface area contributed by atoms with Gasteiger partial charge in [-0.2, -0.15) is 13.2 Å². The zero-order chi connectivity index (χ0) is 28.3. The molecule has 2 aromatic heterocycles. The molecule has 0 aliphatic carbocycles. The summed E-state index contributed by atoms with van der Waals surface area (Å²) in [7, 11) is 0. The van der Waals surface area contributed by atoms with Crippen LogP contribution in [0, 0.1) is 6.92 Å². The van der Waals surface area contributed by atoms with E-state index in [2.05, 4.69) is 9.97 Å². The molecular weight excluding hydrogens is 525 g/mol. The zero-order valence-corrected chi connectivity index (χ0v) is 21.5. The number of piperazine rings is 1. The highest BCUT2D eigenvalue weighted by molar-refractivity contribution is 5.97. The molecule has 1 amide bonds. The number of halogens is 3. The SMILES string of the molecule is Cc1ccc(OC(=O)N2CCN(c3ccc(CC(=O)c4nc(-c5ccccc5)oc4C(F)(F)F)cn3)CC2)cc1. The highest BCUT2D eigenvalue weighted by atomic mass is 19.4. The van der Waals surface area contributed by atoms with E-state index in [1.54, 1.807) is 59.5 Å². The number of amides is 1. The first kappa shape index (κ1) is 26.9. The van der Waals surface area contributed by atoms with E-state index in [1.807, 2.05) is 24.0 Å². The van der Waals surface area contributed by atoms with Gasteiger partial charge in [0.1, 0.15) is 11.6 Å². The van der Waals surface area contributed by atoms with Crippen molar-refractivity contribution in [3.8, 4) is 17.2 Å². The molecule has 0 radical (unpaired) electrons. The molecule has 1 saturated heterocycles. The van der Waals surface area contributed by atoms with Gasteiger partial charge in [-0.25, -0.2) is 14.8 Å². The van der Waals surface area contributed by atoms with Gasteiger partial charge in [0.15, 0.2) is 11.5 Å². The second-order valence-corrected chi connectivity index (χ2v) is 9.34. The number of rotatable bonds is 6. The number of ketones is 1. The van der Waals surface area contributed by atoms with E-state index in [-0.39, 0.29) is 12.3 Å². The number of hydrogen-bond donors (Lipinski definition) is 0. The number of aromatic nitrogens is 2. The van der Waals surface area contributed by atoms with Gasteiger partial charge in [0.05, 0.1) is 0 Å². The quantitative estimate of drug-likeness (QED) is 0.280. The number of anilines is 1. The Balaban J connectivity index is 1.20. The monoisotopic (exact) mass is 550 g/mol. The highest BCUT2D eigenvalue weighted by Gasteiger charge is 2.41. The van der Waals surface area contributed by atoms with Crippen molar-refractivity contribution in [2.24, 2.45) is 0 Å². The van der Waals surface area contributed by atoms with Gasteiger partial charge in [0.2, 0.25) is 11.7 Å². The van der Waals surface area contributed by atoms with Crippen LogP contribution in [-0.4, -0.2) is 52.9 Å². The summed E-state index contributed by atoms with van der Waals surface area (Å²) in [6, 6.07) is 18.7. The average molecular weight is 551 g/mol. The highest BCUT2D eigenvalue weighted by Crippen LogP contribution is 2.35. The maximum absolute atomic E-state index is 13.6. The molecular formula is C29H25F3N4O4. The van der Waals surface area contributed by atoms with E-state index in [4.69, 9.17) is 9.15 Å². The van der Waals surface area contributed by atoms with Gasteiger partial charge in [-0.05, 0) is 42.8 Å². The van der Waals surface area contributed by atoms with E-state index in [0.29, 0.717) is 48.9 Å². The molecule has 4 aromatic rings. The number of carbonyl (C=O) groups excluding carboxylic acids is 2. The maximum Gasteiger partial charge on any atom is 0.452 e. The van der Waals surface area contributed by atoms with Crippen LogP contribution >= 0.6 is 0 Å². The lowest BCUT2D eigenvalue weighted by molar-refractivity contribution is -0.153. The van der Waals surface area contributed by atoms with Gasteiger partial charge in [-0.1, -0.05) is 42.0 Å². The Morgan fingerprint density at radius 3 is 2.27 bits per heavy atom. The molecule has 0 spiro atoms. The van der Waals surface area contributed by atoms with Crippen LogP contribution < -0.4 is 9.64 Å². The van der Waals surface area contributed by atoms with E-state index in [0.717, 1.165) is 5.56 Å². The summed E-state index contributed by atoms with van der Waals surface area (Å²) in [6.07, 6.45) is -4.17. The third-order valence-corrected chi connectivity index (χ3v) is 6.43. The summed E-state index contributed by atoms with van der Waals surface area (Å²) in [5.41, 5.74) is 1.08. The van der Waals surface area contributed by atoms with Crippen LogP contribution in [0.25, 0.3) is 11.5 Å². The van der Waals surface area contributed by atoms with Crippen molar-refractivity contribution in [1.82, 2.24) is 14.9 Å². The summed E-state index contributed by atoms with van der Waals surface area (Å²) in [5.74, 6) is -1.40. The van der Waals surface area contributed by atoms with E-state index in [1.165, 1.54) is 6.20 Å². The molecule has 0 saturated carbocycles. The normalized spacial score (nSPS) is 13.8. The summed E-state index contributed by atoms with van der Waals surface area (Å²) in [6.45, 7) is 3.85. The minimum Gasteiger partial charge on any atom is -0.431 e. The number of nitrogens with zero attached hydrogens (tertiary/aromatic N) is 4. The number of carbonyl (C=O) groups is 2. The van der Waals surface area contributed by atoms with Crippen molar-refractivity contribution in [2.75, 3.05) is 31.1 Å². The van der Waals surface area contributed by atoms with Gasteiger partial charge < -0.3 is 19.0 Å². The van der Waals surface area contributed by atoms with Crippen molar-refractivity contribution < 1.29 is 31.9 Å². The fourth-order valence-corrected chi connectivity index (χ4v) is 4.27. The standard InChI is InChI=1S/C29H25F3N4O4/c1-19-7-10-22(11-8-19)39-28(38)36-15-13-35(14-16-36)24-12-9-20(18-33-24)17-23(37)25-26(29(30,31)32)40-27(34-25)21-5-3-2-4-6-21/h2-12,18H,13-17H2,1H3. The molecule has 2 aromatic carbocycles. The van der Waals surface area contributed by atoms with Crippen LogP contribution in [0.5, 0.6) is 5.75 Å². The Morgan fingerprint density at radius 2 is 1.65 bits per heavy atom. The molecule has 1 fully saturated rings. The maximum atomic E-state index is 13.6. The Bertz CT molecular complexity index is 1480. The first-order valence-electron chi connectivity index (χ1n) is 12.6. The predicted octanol–water partition coefficient (Wildman–Crippen LogP) is 5.81. The molecule has 40 heavy (non-hydrogen) atoms. The number of pyridine rings is 1. The number of ether oxygens (including phenoxy) is 1. The Morgan fingerprint density at radius 1 is 0.950 bits per heavy atom. The number of oxazole rings is 1. The smallest absolute Gasteiger partial charge is 0.431 e. The van der Waals surface area contributed by atoms with Gasteiger partial charge >= 0.3 is 12.3 Å². The molecule has 5 rings (SSSR count). The molecule has 3 heterocycles. The molecule has 8 nitrogen and oxygen atoms in total. The number of alkyl halides is 3. The van der Waals surface area contributed by atoms with Crippen LogP contribution in [0.2, 0.25) is 0 Å². The van der Waals surface area contributed by atoms with Crippen molar-refractivity contribution >= 4 is 17.7 Å². The fraction of sp³-hybridized carbons (Fsp3) is 0.241. The summed E-state index contributed by atoms with van der Waals surface area (Å²) >= 11 is 0. The molecule has 1 aliphatic heterocycles. The average Bonchev–Trinajstić information content (AvgIpc) is 3.42. The summed E-state index contributed by atoms with van der Waals surface area (Å²) in [4.78, 5) is 37.2.